The number of aliphatic hydroxyl groups is 1. The fourth-order valence-electron chi connectivity index (χ4n) is 2.83. The Bertz CT molecular complexity index is 848. The number of carbonyl (C=O) groups is 1. The molecule has 0 spiro atoms. The zero-order chi connectivity index (χ0) is 23.0. The molecule has 2 aromatic rings. The van der Waals surface area contributed by atoms with Crippen molar-refractivity contribution in [1.29, 1.82) is 0 Å². The summed E-state index contributed by atoms with van der Waals surface area (Å²) >= 11 is 0. The van der Waals surface area contributed by atoms with Crippen LogP contribution in [0.1, 0.15) is 63.8 Å². The number of aliphatic hydroxyl groups excluding tert-OH is 1. The number of carbonyl (C=O) groups excluding carboxylic acids is 1. The van der Waals surface area contributed by atoms with Crippen LogP contribution >= 0.6 is 0 Å². The van der Waals surface area contributed by atoms with Crippen LogP contribution in [-0.2, 0) is 9.47 Å². The molecule has 0 aromatic heterocycles. The second kappa shape index (κ2) is 11.1. The molecule has 0 aliphatic rings. The first-order valence-electron chi connectivity index (χ1n) is 10.7. The van der Waals surface area contributed by atoms with Crippen LogP contribution in [-0.4, -0.2) is 36.6 Å². The van der Waals surface area contributed by atoms with Crippen molar-refractivity contribution in [2.75, 3.05) is 18.6 Å². The van der Waals surface area contributed by atoms with Crippen LogP contribution < -0.4 is 4.90 Å². The van der Waals surface area contributed by atoms with Crippen molar-refractivity contribution in [3.8, 4) is 0 Å². The third kappa shape index (κ3) is 8.56. The molecule has 2 aromatic carbocycles. The van der Waals surface area contributed by atoms with Gasteiger partial charge in [0.15, 0.2) is 0 Å². The maximum Gasteiger partial charge on any atom is 0.414 e. The van der Waals surface area contributed by atoms with Crippen molar-refractivity contribution in [3.05, 3.63) is 65.2 Å². The molecule has 168 valence electrons. The minimum absolute atomic E-state index is 0.00807. The van der Waals surface area contributed by atoms with Gasteiger partial charge in [-0.05, 0) is 69.9 Å². The van der Waals surface area contributed by atoms with Crippen molar-refractivity contribution < 1.29 is 19.4 Å². The minimum atomic E-state index is -0.522. The van der Waals surface area contributed by atoms with Crippen LogP contribution in [0.15, 0.2) is 48.5 Å². The molecule has 0 fully saturated rings. The number of nitrogens with zero attached hydrogens (tertiary/aromatic N) is 1. The molecule has 0 aliphatic carbocycles. The second-order valence-electron chi connectivity index (χ2n) is 8.78. The Balaban J connectivity index is 1.94. The van der Waals surface area contributed by atoms with E-state index in [0.717, 1.165) is 22.4 Å². The van der Waals surface area contributed by atoms with Crippen molar-refractivity contribution in [2.24, 2.45) is 0 Å². The van der Waals surface area contributed by atoms with E-state index in [2.05, 4.69) is 30.3 Å². The van der Waals surface area contributed by atoms with Gasteiger partial charge in [0.05, 0.1) is 12.2 Å². The summed E-state index contributed by atoms with van der Waals surface area (Å²) in [4.78, 5) is 13.7. The molecule has 0 bridgehead atoms. The molecule has 1 amide bonds. The Hall–Kier alpha value is -2.63. The van der Waals surface area contributed by atoms with Crippen LogP contribution in [0.5, 0.6) is 0 Å². The highest BCUT2D eigenvalue weighted by molar-refractivity contribution is 5.87. The van der Waals surface area contributed by atoms with E-state index < -0.39 is 5.60 Å². The molecule has 2 unspecified atom stereocenters. The van der Waals surface area contributed by atoms with Gasteiger partial charge in [0.25, 0.3) is 0 Å². The van der Waals surface area contributed by atoms with E-state index in [4.69, 9.17) is 9.47 Å². The van der Waals surface area contributed by atoms with E-state index in [0.29, 0.717) is 13.0 Å². The molecule has 2 atom stereocenters. The zero-order valence-corrected chi connectivity index (χ0v) is 19.5. The standard InChI is InChI=1S/C26H35NO4/c1-19(28)17-18-30-20(2)23-13-9-21(10-14-23)7-8-22-11-15-24(16-12-22)27(6)25(29)31-26(3,4)5/h7-16,19-20,28H,17-18H2,1-6H3. The van der Waals surface area contributed by atoms with Crippen LogP contribution in [0.25, 0.3) is 12.2 Å². The Kier molecular flexibility index (Phi) is 8.84. The van der Waals surface area contributed by atoms with Crippen molar-refractivity contribution >= 4 is 23.9 Å². The zero-order valence-electron chi connectivity index (χ0n) is 19.5. The van der Waals surface area contributed by atoms with Crippen LogP contribution in [0.4, 0.5) is 10.5 Å². The van der Waals surface area contributed by atoms with Gasteiger partial charge in [-0.3, -0.25) is 4.90 Å². The van der Waals surface area contributed by atoms with Gasteiger partial charge in [-0.25, -0.2) is 4.79 Å². The predicted molar refractivity (Wildman–Crippen MR) is 127 cm³/mol. The highest BCUT2D eigenvalue weighted by atomic mass is 16.6. The number of ether oxygens (including phenoxy) is 2. The first-order chi connectivity index (χ1) is 14.5. The van der Waals surface area contributed by atoms with Crippen molar-refractivity contribution in [3.63, 3.8) is 0 Å². The molecule has 0 saturated heterocycles. The Morgan fingerprint density at radius 3 is 2.00 bits per heavy atom. The number of hydrogen-bond acceptors (Lipinski definition) is 4. The van der Waals surface area contributed by atoms with Gasteiger partial charge in [0, 0.05) is 19.3 Å². The number of amides is 1. The quantitative estimate of drug-likeness (QED) is 0.521. The van der Waals surface area contributed by atoms with Gasteiger partial charge in [0.2, 0.25) is 0 Å². The smallest absolute Gasteiger partial charge is 0.414 e. The summed E-state index contributed by atoms with van der Waals surface area (Å²) in [5.74, 6) is 0. The van der Waals surface area contributed by atoms with Gasteiger partial charge in [-0.1, -0.05) is 48.6 Å². The van der Waals surface area contributed by atoms with E-state index in [-0.39, 0.29) is 18.3 Å². The van der Waals surface area contributed by atoms with E-state index in [1.54, 1.807) is 14.0 Å². The number of rotatable bonds is 8. The van der Waals surface area contributed by atoms with Gasteiger partial charge >= 0.3 is 6.09 Å². The lowest BCUT2D eigenvalue weighted by molar-refractivity contribution is 0.0409. The van der Waals surface area contributed by atoms with E-state index >= 15 is 0 Å². The van der Waals surface area contributed by atoms with Crippen molar-refractivity contribution in [2.45, 2.75) is 58.8 Å². The fraction of sp³-hybridized carbons (Fsp3) is 0.423. The molecule has 0 heterocycles. The SMILES string of the molecule is CC(O)CCOC(C)c1ccc(C=Cc2ccc(N(C)C(=O)OC(C)(C)C)cc2)cc1. The summed E-state index contributed by atoms with van der Waals surface area (Å²) in [6, 6.07) is 16.0. The Morgan fingerprint density at radius 1 is 1.00 bits per heavy atom. The molecule has 5 nitrogen and oxygen atoms in total. The second-order valence-corrected chi connectivity index (χ2v) is 8.78. The Morgan fingerprint density at radius 2 is 1.52 bits per heavy atom. The maximum atomic E-state index is 12.2. The lowest BCUT2D eigenvalue weighted by atomic mass is 10.1. The van der Waals surface area contributed by atoms with Crippen LogP contribution in [0, 0.1) is 0 Å². The number of benzene rings is 2. The van der Waals surface area contributed by atoms with Gasteiger partial charge < -0.3 is 14.6 Å². The Labute approximate surface area is 186 Å². The summed E-state index contributed by atoms with van der Waals surface area (Å²) in [6.45, 7) is 9.88. The molecular weight excluding hydrogens is 390 g/mol. The largest absolute Gasteiger partial charge is 0.443 e. The van der Waals surface area contributed by atoms with E-state index in [1.165, 1.54) is 4.90 Å². The predicted octanol–water partition coefficient (Wildman–Crippen LogP) is 6.08. The third-order valence-electron chi connectivity index (χ3n) is 4.73. The maximum absolute atomic E-state index is 12.2. The third-order valence-corrected chi connectivity index (χ3v) is 4.73. The van der Waals surface area contributed by atoms with Gasteiger partial charge in [-0.15, -0.1) is 0 Å². The first-order valence-corrected chi connectivity index (χ1v) is 10.7. The lowest BCUT2D eigenvalue weighted by Crippen LogP contribution is -2.34. The van der Waals surface area contributed by atoms with Gasteiger partial charge in [-0.2, -0.15) is 0 Å². The summed E-state index contributed by atoms with van der Waals surface area (Å²) < 4.78 is 11.2. The summed E-state index contributed by atoms with van der Waals surface area (Å²) in [7, 11) is 1.70. The average molecular weight is 426 g/mol. The summed E-state index contributed by atoms with van der Waals surface area (Å²) in [5.41, 5.74) is 3.50. The highest BCUT2D eigenvalue weighted by Gasteiger charge is 2.20. The molecule has 0 saturated carbocycles. The highest BCUT2D eigenvalue weighted by Crippen LogP contribution is 2.20. The minimum Gasteiger partial charge on any atom is -0.443 e. The molecule has 0 radical (unpaired) electrons. The number of hydrogen-bond donors (Lipinski definition) is 1. The lowest BCUT2D eigenvalue weighted by Gasteiger charge is -2.24. The molecule has 2 rings (SSSR count). The van der Waals surface area contributed by atoms with E-state index in [9.17, 15) is 9.90 Å². The molecule has 1 N–H and O–H groups in total. The fourth-order valence-corrected chi connectivity index (χ4v) is 2.83. The molecule has 0 aliphatic heterocycles. The summed E-state index contributed by atoms with van der Waals surface area (Å²) in [6.07, 6.45) is 4.00. The number of anilines is 1. The average Bonchev–Trinajstić information content (AvgIpc) is 2.71. The monoisotopic (exact) mass is 425 g/mol. The molecule has 5 heteroatoms. The van der Waals surface area contributed by atoms with Gasteiger partial charge in [0.1, 0.15) is 5.60 Å². The summed E-state index contributed by atoms with van der Waals surface area (Å²) in [5, 5.41) is 9.32. The molecule has 31 heavy (non-hydrogen) atoms. The van der Waals surface area contributed by atoms with Crippen LogP contribution in [0.2, 0.25) is 0 Å². The normalized spacial score (nSPS) is 13.8. The topological polar surface area (TPSA) is 59.0 Å². The first kappa shape index (κ1) is 24.6. The van der Waals surface area contributed by atoms with Crippen molar-refractivity contribution in [1.82, 2.24) is 0 Å². The molecular formula is C26H35NO4. The van der Waals surface area contributed by atoms with E-state index in [1.807, 2.05) is 58.0 Å². The van der Waals surface area contributed by atoms with Crippen LogP contribution in [0.3, 0.4) is 0 Å².